The Morgan fingerprint density at radius 1 is 1.00 bits per heavy atom. The number of hydrogen-bond donors (Lipinski definition) is 1. The lowest BCUT2D eigenvalue weighted by Crippen LogP contribution is -2.18. The minimum Gasteiger partial charge on any atom is -0.309 e. The number of hydrogen-bond acceptors (Lipinski definition) is 1. The van der Waals surface area contributed by atoms with Gasteiger partial charge in [0.1, 0.15) is 5.82 Å². The highest BCUT2D eigenvalue weighted by Crippen LogP contribution is 2.30. The van der Waals surface area contributed by atoms with Crippen LogP contribution in [0, 0.1) is 17.5 Å². The maximum atomic E-state index is 13.4. The van der Waals surface area contributed by atoms with Gasteiger partial charge in [-0.05, 0) is 36.4 Å². The molecule has 0 heterocycles. The van der Waals surface area contributed by atoms with E-state index in [2.05, 4.69) is 5.32 Å². The van der Waals surface area contributed by atoms with Crippen molar-refractivity contribution in [3.05, 3.63) is 70.0 Å². The smallest absolute Gasteiger partial charge is 0.159 e. The molecule has 1 unspecified atom stereocenters. The number of halogens is 4. The summed E-state index contributed by atoms with van der Waals surface area (Å²) in [7, 11) is 1.63. The number of rotatable bonds is 3. The van der Waals surface area contributed by atoms with E-state index in [1.807, 2.05) is 0 Å². The van der Waals surface area contributed by atoms with Gasteiger partial charge >= 0.3 is 0 Å². The summed E-state index contributed by atoms with van der Waals surface area (Å²) in [5, 5.41) is 2.87. The Labute approximate surface area is 114 Å². The van der Waals surface area contributed by atoms with Crippen LogP contribution in [0.4, 0.5) is 13.2 Å². The van der Waals surface area contributed by atoms with Crippen LogP contribution in [0.25, 0.3) is 0 Å². The van der Waals surface area contributed by atoms with E-state index in [9.17, 15) is 13.2 Å². The lowest BCUT2D eigenvalue weighted by atomic mass is 9.98. The van der Waals surface area contributed by atoms with Gasteiger partial charge in [0.2, 0.25) is 0 Å². The first-order valence-electron chi connectivity index (χ1n) is 5.60. The molecule has 2 aromatic carbocycles. The van der Waals surface area contributed by atoms with Crippen molar-refractivity contribution in [2.75, 3.05) is 7.05 Å². The molecule has 1 atom stereocenters. The largest absolute Gasteiger partial charge is 0.309 e. The van der Waals surface area contributed by atoms with E-state index < -0.39 is 23.5 Å². The van der Waals surface area contributed by atoms with Crippen molar-refractivity contribution in [3.8, 4) is 0 Å². The molecule has 0 amide bonds. The first-order chi connectivity index (χ1) is 9.04. The van der Waals surface area contributed by atoms with Crippen molar-refractivity contribution in [2.24, 2.45) is 0 Å². The van der Waals surface area contributed by atoms with Gasteiger partial charge in [0.05, 0.1) is 11.1 Å². The molecular formula is C14H11ClF3N. The van der Waals surface area contributed by atoms with Crippen molar-refractivity contribution in [2.45, 2.75) is 6.04 Å². The molecule has 2 rings (SSSR count). The zero-order valence-corrected chi connectivity index (χ0v) is 10.8. The number of nitrogens with one attached hydrogen (secondary N) is 1. The van der Waals surface area contributed by atoms with Crippen LogP contribution in [0.2, 0.25) is 5.02 Å². The molecule has 0 saturated heterocycles. The van der Waals surface area contributed by atoms with Crippen LogP contribution in [0.15, 0.2) is 36.4 Å². The van der Waals surface area contributed by atoms with Gasteiger partial charge in [0.15, 0.2) is 11.6 Å². The molecular weight excluding hydrogens is 275 g/mol. The zero-order chi connectivity index (χ0) is 14.0. The Balaban J connectivity index is 2.50. The molecule has 0 aliphatic heterocycles. The fourth-order valence-corrected chi connectivity index (χ4v) is 2.17. The van der Waals surface area contributed by atoms with Gasteiger partial charge in [-0.1, -0.05) is 29.8 Å². The van der Waals surface area contributed by atoms with Gasteiger partial charge in [-0.15, -0.1) is 0 Å². The molecule has 0 bridgehead atoms. The second kappa shape index (κ2) is 5.63. The highest BCUT2D eigenvalue weighted by Gasteiger charge is 2.18. The fraction of sp³-hybridized carbons (Fsp3) is 0.143. The van der Waals surface area contributed by atoms with Crippen molar-refractivity contribution >= 4 is 11.6 Å². The summed E-state index contributed by atoms with van der Waals surface area (Å²) in [5.41, 5.74) is 0.934. The van der Waals surface area contributed by atoms with Crippen LogP contribution in [0.5, 0.6) is 0 Å². The summed E-state index contributed by atoms with van der Waals surface area (Å²) < 4.78 is 39.6. The molecule has 0 spiro atoms. The second-order valence-electron chi connectivity index (χ2n) is 4.04. The van der Waals surface area contributed by atoms with Crippen molar-refractivity contribution in [1.29, 1.82) is 0 Å². The maximum absolute atomic E-state index is 13.4. The molecule has 0 radical (unpaired) electrons. The topological polar surface area (TPSA) is 12.0 Å². The maximum Gasteiger partial charge on any atom is 0.159 e. The number of benzene rings is 2. The van der Waals surface area contributed by atoms with Crippen LogP contribution in [-0.2, 0) is 0 Å². The molecule has 19 heavy (non-hydrogen) atoms. The van der Waals surface area contributed by atoms with Crippen LogP contribution < -0.4 is 5.32 Å². The van der Waals surface area contributed by atoms with Crippen LogP contribution in [-0.4, -0.2) is 7.05 Å². The van der Waals surface area contributed by atoms with E-state index in [4.69, 9.17) is 11.6 Å². The standard InChI is InChI=1S/C14H11ClF3N/c1-19-14(8-5-6-10(16)12(18)7-8)9-3-2-4-11(17)13(9)15/h2-7,14,19H,1H3. The van der Waals surface area contributed by atoms with Crippen LogP contribution in [0.1, 0.15) is 17.2 Å². The lowest BCUT2D eigenvalue weighted by molar-refractivity contribution is 0.505. The normalized spacial score (nSPS) is 12.5. The summed E-state index contributed by atoms with van der Waals surface area (Å²) in [6, 6.07) is 7.40. The Hall–Kier alpha value is -1.52. The third kappa shape index (κ3) is 2.74. The molecule has 2 aromatic rings. The quantitative estimate of drug-likeness (QED) is 0.896. The third-order valence-corrected chi connectivity index (χ3v) is 3.26. The minimum atomic E-state index is -0.953. The molecule has 1 N–H and O–H groups in total. The molecule has 0 aliphatic carbocycles. The SMILES string of the molecule is CNC(c1ccc(F)c(F)c1)c1cccc(F)c1Cl. The Morgan fingerprint density at radius 2 is 1.74 bits per heavy atom. The van der Waals surface area contributed by atoms with Crippen molar-refractivity contribution in [1.82, 2.24) is 5.32 Å². The molecule has 0 fully saturated rings. The molecule has 100 valence electrons. The van der Waals surface area contributed by atoms with Gasteiger partial charge in [-0.3, -0.25) is 0 Å². The average Bonchev–Trinajstić information content (AvgIpc) is 2.39. The van der Waals surface area contributed by atoms with Gasteiger partial charge < -0.3 is 5.32 Å². The monoisotopic (exact) mass is 285 g/mol. The molecule has 0 saturated carbocycles. The van der Waals surface area contributed by atoms with Gasteiger partial charge in [0, 0.05) is 0 Å². The average molecular weight is 286 g/mol. The van der Waals surface area contributed by atoms with Crippen LogP contribution in [0.3, 0.4) is 0 Å². The Morgan fingerprint density at radius 3 is 2.37 bits per heavy atom. The fourth-order valence-electron chi connectivity index (χ4n) is 1.94. The molecule has 5 heteroatoms. The van der Waals surface area contributed by atoms with Gasteiger partial charge in [0.25, 0.3) is 0 Å². The first-order valence-corrected chi connectivity index (χ1v) is 5.98. The van der Waals surface area contributed by atoms with E-state index in [1.165, 1.54) is 18.2 Å². The Bertz CT molecular complexity index is 601. The Kier molecular flexibility index (Phi) is 4.12. The summed E-state index contributed by atoms with van der Waals surface area (Å²) >= 11 is 5.90. The first kappa shape index (κ1) is 13.9. The summed E-state index contributed by atoms with van der Waals surface area (Å²) in [6.07, 6.45) is 0. The van der Waals surface area contributed by atoms with Crippen molar-refractivity contribution in [3.63, 3.8) is 0 Å². The predicted molar refractivity (Wildman–Crippen MR) is 68.7 cm³/mol. The van der Waals surface area contributed by atoms with E-state index in [1.54, 1.807) is 13.1 Å². The van der Waals surface area contributed by atoms with Gasteiger partial charge in [-0.25, -0.2) is 13.2 Å². The molecule has 0 aliphatic rings. The van der Waals surface area contributed by atoms with Crippen LogP contribution >= 0.6 is 11.6 Å². The van der Waals surface area contributed by atoms with Gasteiger partial charge in [-0.2, -0.15) is 0 Å². The van der Waals surface area contributed by atoms with E-state index in [0.717, 1.165) is 12.1 Å². The second-order valence-corrected chi connectivity index (χ2v) is 4.42. The summed E-state index contributed by atoms with van der Waals surface area (Å²) in [6.45, 7) is 0. The van der Waals surface area contributed by atoms with E-state index in [-0.39, 0.29) is 5.02 Å². The highest BCUT2D eigenvalue weighted by atomic mass is 35.5. The lowest BCUT2D eigenvalue weighted by Gasteiger charge is -2.19. The summed E-state index contributed by atoms with van der Waals surface area (Å²) in [4.78, 5) is 0. The molecule has 0 aromatic heterocycles. The van der Waals surface area contributed by atoms with E-state index in [0.29, 0.717) is 11.1 Å². The highest BCUT2D eigenvalue weighted by molar-refractivity contribution is 6.31. The van der Waals surface area contributed by atoms with E-state index >= 15 is 0 Å². The predicted octanol–water partition coefficient (Wildman–Crippen LogP) is 4.07. The third-order valence-electron chi connectivity index (χ3n) is 2.86. The summed E-state index contributed by atoms with van der Waals surface area (Å²) in [5.74, 6) is -2.43. The zero-order valence-electron chi connectivity index (χ0n) is 10.1. The van der Waals surface area contributed by atoms with Crippen molar-refractivity contribution < 1.29 is 13.2 Å². The molecule has 1 nitrogen and oxygen atoms in total. The minimum absolute atomic E-state index is 0.0356.